The average Bonchev–Trinajstić information content (AvgIpc) is 3.37. The van der Waals surface area contributed by atoms with Crippen molar-refractivity contribution in [2.75, 3.05) is 19.7 Å². The average molecular weight is 406 g/mol. The Kier molecular flexibility index (Phi) is 5.89. The maximum atomic E-state index is 11.6. The molecule has 3 N–H and O–H groups in total. The molecule has 2 saturated heterocycles. The van der Waals surface area contributed by atoms with Crippen LogP contribution in [0.1, 0.15) is 43.1 Å². The van der Waals surface area contributed by atoms with Gasteiger partial charge < -0.3 is 15.4 Å². The van der Waals surface area contributed by atoms with Gasteiger partial charge in [0.2, 0.25) is 11.7 Å². The summed E-state index contributed by atoms with van der Waals surface area (Å²) in [6.45, 7) is 3.06. The SMILES string of the molecule is NC(=O)C1CC[NH+]([C@@H](c2ccccc2Cl)c2nnnn2C[C@@H]2CCCO2)CC1. The molecule has 0 bridgehead atoms. The van der Waals surface area contributed by atoms with E-state index in [1.54, 1.807) is 0 Å². The number of aromatic nitrogens is 4. The molecule has 150 valence electrons. The van der Waals surface area contributed by atoms with Crippen molar-refractivity contribution in [2.45, 2.75) is 44.4 Å². The van der Waals surface area contributed by atoms with E-state index in [1.807, 2.05) is 28.9 Å². The molecule has 3 heterocycles. The molecule has 9 heteroatoms. The smallest absolute Gasteiger partial charge is 0.220 e. The Morgan fingerprint density at radius 3 is 2.79 bits per heavy atom. The Balaban J connectivity index is 1.64. The number of hydrogen-bond acceptors (Lipinski definition) is 5. The summed E-state index contributed by atoms with van der Waals surface area (Å²) < 4.78 is 7.63. The molecule has 1 aromatic carbocycles. The number of halogens is 1. The van der Waals surface area contributed by atoms with Crippen LogP contribution in [0, 0.1) is 5.92 Å². The van der Waals surface area contributed by atoms with Gasteiger partial charge in [0.15, 0.2) is 6.04 Å². The molecule has 0 aliphatic carbocycles. The monoisotopic (exact) mass is 405 g/mol. The van der Waals surface area contributed by atoms with Gasteiger partial charge in [0.1, 0.15) is 0 Å². The summed E-state index contributed by atoms with van der Waals surface area (Å²) in [5, 5.41) is 13.3. The van der Waals surface area contributed by atoms with Crippen LogP contribution in [-0.2, 0) is 16.1 Å². The van der Waals surface area contributed by atoms with Crippen molar-refractivity contribution in [2.24, 2.45) is 11.7 Å². The number of likely N-dealkylation sites (tertiary alicyclic amines) is 1. The first-order valence-electron chi connectivity index (χ1n) is 9.89. The molecular formula is C19H26ClN6O2+. The number of carbonyl (C=O) groups is 1. The molecule has 0 radical (unpaired) electrons. The van der Waals surface area contributed by atoms with Crippen molar-refractivity contribution in [3.05, 3.63) is 40.7 Å². The van der Waals surface area contributed by atoms with Gasteiger partial charge >= 0.3 is 0 Å². The second kappa shape index (κ2) is 8.55. The normalized spacial score (nSPS) is 26.2. The Labute approximate surface area is 169 Å². The molecular weight excluding hydrogens is 380 g/mol. The highest BCUT2D eigenvalue weighted by Gasteiger charge is 2.37. The number of piperidine rings is 1. The third-order valence-electron chi connectivity index (χ3n) is 5.87. The number of primary amides is 1. The van der Waals surface area contributed by atoms with Gasteiger partial charge in [-0.05, 0) is 29.3 Å². The van der Waals surface area contributed by atoms with Gasteiger partial charge in [-0.1, -0.05) is 29.8 Å². The van der Waals surface area contributed by atoms with Crippen LogP contribution in [-0.4, -0.2) is 51.9 Å². The fraction of sp³-hybridized carbons (Fsp3) is 0.579. The predicted octanol–water partition coefficient (Wildman–Crippen LogP) is 0.375. The lowest BCUT2D eigenvalue weighted by Gasteiger charge is -2.33. The number of quaternary nitrogens is 1. The highest BCUT2D eigenvalue weighted by Crippen LogP contribution is 2.26. The summed E-state index contributed by atoms with van der Waals surface area (Å²) >= 11 is 6.57. The molecule has 8 nitrogen and oxygen atoms in total. The van der Waals surface area contributed by atoms with Crippen molar-refractivity contribution in [3.8, 4) is 0 Å². The maximum Gasteiger partial charge on any atom is 0.220 e. The summed E-state index contributed by atoms with van der Waals surface area (Å²) in [7, 11) is 0. The van der Waals surface area contributed by atoms with Crippen molar-refractivity contribution in [1.29, 1.82) is 0 Å². The zero-order chi connectivity index (χ0) is 19.5. The molecule has 28 heavy (non-hydrogen) atoms. The van der Waals surface area contributed by atoms with Gasteiger partial charge in [-0.3, -0.25) is 4.79 Å². The molecule has 0 unspecified atom stereocenters. The minimum atomic E-state index is -0.212. The lowest BCUT2D eigenvalue weighted by Crippen LogP contribution is -3.13. The van der Waals surface area contributed by atoms with E-state index in [1.165, 1.54) is 4.90 Å². The molecule has 2 aliphatic heterocycles. The van der Waals surface area contributed by atoms with Crippen molar-refractivity contribution >= 4 is 17.5 Å². The quantitative estimate of drug-likeness (QED) is 0.723. The minimum Gasteiger partial charge on any atom is -0.376 e. The molecule has 0 saturated carbocycles. The van der Waals surface area contributed by atoms with E-state index in [4.69, 9.17) is 22.1 Å². The first-order chi connectivity index (χ1) is 13.6. The Morgan fingerprint density at radius 2 is 2.11 bits per heavy atom. The van der Waals surface area contributed by atoms with Gasteiger partial charge in [0, 0.05) is 30.9 Å². The van der Waals surface area contributed by atoms with Gasteiger partial charge in [0.05, 0.1) is 30.8 Å². The van der Waals surface area contributed by atoms with Gasteiger partial charge in [0.25, 0.3) is 0 Å². The number of ether oxygens (including phenoxy) is 1. The molecule has 2 atom stereocenters. The summed E-state index contributed by atoms with van der Waals surface area (Å²) in [5.74, 6) is 0.520. The number of rotatable bonds is 6. The van der Waals surface area contributed by atoms with Crippen molar-refractivity contribution < 1.29 is 14.4 Å². The van der Waals surface area contributed by atoms with E-state index in [-0.39, 0.29) is 24.0 Å². The fourth-order valence-corrected chi connectivity index (χ4v) is 4.59. The fourth-order valence-electron chi connectivity index (χ4n) is 4.34. The van der Waals surface area contributed by atoms with E-state index in [0.29, 0.717) is 11.6 Å². The van der Waals surface area contributed by atoms with Crippen LogP contribution in [0.2, 0.25) is 5.02 Å². The molecule has 2 aliphatic rings. The predicted molar refractivity (Wildman–Crippen MR) is 103 cm³/mol. The maximum absolute atomic E-state index is 11.6. The van der Waals surface area contributed by atoms with Crippen LogP contribution in [0.4, 0.5) is 0 Å². The van der Waals surface area contributed by atoms with Crippen molar-refractivity contribution in [3.63, 3.8) is 0 Å². The number of benzene rings is 1. The third-order valence-corrected chi connectivity index (χ3v) is 6.22. The number of hydrogen-bond donors (Lipinski definition) is 2. The standard InChI is InChI=1S/C19H25ClN6O2/c20-16-6-2-1-5-15(16)17(25-9-7-13(8-10-25)18(21)27)19-22-23-24-26(19)12-14-4-3-11-28-14/h1-2,5-6,13-14,17H,3-4,7-12H2,(H2,21,27)/p+1/t14-,17-/m0/s1. The zero-order valence-corrected chi connectivity index (χ0v) is 16.5. The molecule has 4 rings (SSSR count). The number of tetrazole rings is 1. The molecule has 0 spiro atoms. The zero-order valence-electron chi connectivity index (χ0n) is 15.8. The number of nitrogens with one attached hydrogen (secondary N) is 1. The van der Waals surface area contributed by atoms with Crippen LogP contribution in [0.25, 0.3) is 0 Å². The van der Waals surface area contributed by atoms with Crippen LogP contribution < -0.4 is 10.6 Å². The summed E-state index contributed by atoms with van der Waals surface area (Å²) in [6, 6.07) is 7.74. The van der Waals surface area contributed by atoms with Crippen LogP contribution in [0.3, 0.4) is 0 Å². The molecule has 1 amide bonds. The first kappa shape index (κ1) is 19.3. The number of nitrogens with two attached hydrogens (primary N) is 1. The highest BCUT2D eigenvalue weighted by molar-refractivity contribution is 6.31. The van der Waals surface area contributed by atoms with Crippen molar-refractivity contribution in [1.82, 2.24) is 20.2 Å². The van der Waals surface area contributed by atoms with E-state index in [0.717, 1.165) is 56.8 Å². The van der Waals surface area contributed by atoms with Gasteiger partial charge in [-0.2, -0.15) is 0 Å². The Bertz CT molecular complexity index is 814. The lowest BCUT2D eigenvalue weighted by atomic mass is 9.93. The van der Waals surface area contributed by atoms with Gasteiger partial charge in [-0.25, -0.2) is 4.68 Å². The highest BCUT2D eigenvalue weighted by atomic mass is 35.5. The topological polar surface area (TPSA) is 100 Å². The minimum absolute atomic E-state index is 0.0569. The molecule has 2 aromatic rings. The second-order valence-electron chi connectivity index (χ2n) is 7.64. The third kappa shape index (κ3) is 4.04. The summed E-state index contributed by atoms with van der Waals surface area (Å²) in [6.07, 6.45) is 3.76. The van der Waals surface area contributed by atoms with Crippen LogP contribution in [0.15, 0.2) is 24.3 Å². The molecule has 1 aromatic heterocycles. The molecule has 2 fully saturated rings. The largest absolute Gasteiger partial charge is 0.376 e. The Hall–Kier alpha value is -2.03. The lowest BCUT2D eigenvalue weighted by molar-refractivity contribution is -0.931. The van der Waals surface area contributed by atoms with Crippen LogP contribution in [0.5, 0.6) is 0 Å². The Morgan fingerprint density at radius 1 is 1.32 bits per heavy atom. The van der Waals surface area contributed by atoms with E-state index >= 15 is 0 Å². The summed E-state index contributed by atoms with van der Waals surface area (Å²) in [4.78, 5) is 12.9. The number of nitrogens with zero attached hydrogens (tertiary/aromatic N) is 4. The van der Waals surface area contributed by atoms with E-state index < -0.39 is 0 Å². The van der Waals surface area contributed by atoms with Crippen LogP contribution >= 0.6 is 11.6 Å². The summed E-state index contributed by atoms with van der Waals surface area (Å²) in [5.41, 5.74) is 6.51. The number of carbonyl (C=O) groups excluding carboxylic acids is 1. The second-order valence-corrected chi connectivity index (χ2v) is 8.05. The number of amides is 1. The van der Waals surface area contributed by atoms with Gasteiger partial charge in [-0.15, -0.1) is 5.10 Å². The first-order valence-corrected chi connectivity index (χ1v) is 10.3. The van der Waals surface area contributed by atoms with E-state index in [2.05, 4.69) is 15.5 Å². The van der Waals surface area contributed by atoms with E-state index in [9.17, 15) is 4.79 Å².